The van der Waals surface area contributed by atoms with Crippen LogP contribution in [0.4, 0.5) is 18.9 Å². The molecule has 3 aromatic carbocycles. The van der Waals surface area contributed by atoms with E-state index in [0.29, 0.717) is 10.4 Å². The fraction of sp³-hybridized carbons (Fsp3) is 0.321. The summed E-state index contributed by atoms with van der Waals surface area (Å²) in [5.41, 5.74) is 1.12. The van der Waals surface area contributed by atoms with Crippen molar-refractivity contribution < 1.29 is 26.4 Å². The van der Waals surface area contributed by atoms with Crippen molar-refractivity contribution in [3.63, 3.8) is 0 Å². The topological polar surface area (TPSA) is 66.5 Å². The van der Waals surface area contributed by atoms with E-state index in [2.05, 4.69) is 26.1 Å². The maximum atomic E-state index is 13.5. The summed E-state index contributed by atoms with van der Waals surface area (Å²) in [6.45, 7) is 9.02. The SMILES string of the molecule is Cc1ccc(S(=O)(=O)N(CC(=O)N[C@@H](C)c2ccc(C(C)(C)C)cc2)c2ccc(Cl)c(C(F)(F)F)c2)cc1. The average Bonchev–Trinajstić information content (AvgIpc) is 2.82. The number of sulfonamides is 1. The van der Waals surface area contributed by atoms with Gasteiger partial charge in [-0.25, -0.2) is 8.42 Å². The lowest BCUT2D eigenvalue weighted by atomic mass is 9.86. The number of benzene rings is 3. The molecule has 1 amide bonds. The minimum Gasteiger partial charge on any atom is -0.348 e. The lowest BCUT2D eigenvalue weighted by Crippen LogP contribution is -2.41. The Hall–Kier alpha value is -3.04. The molecule has 0 aliphatic carbocycles. The minimum absolute atomic E-state index is 0.0519. The second kappa shape index (κ2) is 11.0. The number of nitrogens with one attached hydrogen (secondary N) is 1. The average molecular weight is 567 g/mol. The summed E-state index contributed by atoms with van der Waals surface area (Å²) >= 11 is 5.75. The Kier molecular flexibility index (Phi) is 8.53. The molecule has 1 N–H and O–H groups in total. The third-order valence-corrected chi connectivity index (χ3v) is 8.21. The number of carbonyl (C=O) groups excluding carboxylic acids is 1. The van der Waals surface area contributed by atoms with Gasteiger partial charge in [-0.1, -0.05) is 74.3 Å². The molecule has 0 aromatic heterocycles. The van der Waals surface area contributed by atoms with Gasteiger partial charge in [-0.05, 0) is 60.7 Å². The Morgan fingerprint density at radius 2 is 1.55 bits per heavy atom. The van der Waals surface area contributed by atoms with E-state index >= 15 is 0 Å². The van der Waals surface area contributed by atoms with Gasteiger partial charge < -0.3 is 5.32 Å². The van der Waals surface area contributed by atoms with Crippen LogP contribution in [0.5, 0.6) is 0 Å². The molecule has 1 atom stereocenters. The fourth-order valence-electron chi connectivity index (χ4n) is 3.81. The monoisotopic (exact) mass is 566 g/mol. The molecule has 0 saturated heterocycles. The molecule has 0 aliphatic heterocycles. The summed E-state index contributed by atoms with van der Waals surface area (Å²) in [5, 5.41) is 2.17. The first-order valence-electron chi connectivity index (χ1n) is 11.9. The Labute approximate surface area is 226 Å². The number of nitrogens with zero attached hydrogens (tertiary/aromatic N) is 1. The van der Waals surface area contributed by atoms with Crippen molar-refractivity contribution in [1.82, 2.24) is 5.32 Å². The Balaban J connectivity index is 1.95. The highest BCUT2D eigenvalue weighted by molar-refractivity contribution is 7.92. The van der Waals surface area contributed by atoms with Gasteiger partial charge in [0.1, 0.15) is 6.54 Å². The number of rotatable bonds is 7. The number of amides is 1. The van der Waals surface area contributed by atoms with E-state index in [9.17, 15) is 26.4 Å². The smallest absolute Gasteiger partial charge is 0.348 e. The maximum Gasteiger partial charge on any atom is 0.417 e. The summed E-state index contributed by atoms with van der Waals surface area (Å²) in [5.74, 6) is -0.684. The third kappa shape index (κ3) is 6.88. The van der Waals surface area contributed by atoms with E-state index in [4.69, 9.17) is 11.6 Å². The standard InChI is InChI=1S/C28H30ClF3N2O3S/c1-18-6-13-23(14-7-18)38(36,37)34(22-12-15-25(29)24(16-22)28(30,31)32)17-26(35)33-19(2)20-8-10-21(11-9-20)27(3,4)5/h6-16,19H,17H2,1-5H3,(H,33,35)/t19-/m0/s1. The van der Waals surface area contributed by atoms with Crippen LogP contribution in [0.2, 0.25) is 5.02 Å². The lowest BCUT2D eigenvalue weighted by Gasteiger charge is -2.26. The lowest BCUT2D eigenvalue weighted by molar-refractivity contribution is -0.137. The molecular formula is C28H30ClF3N2O3S. The first-order chi connectivity index (χ1) is 17.5. The van der Waals surface area contributed by atoms with Crippen LogP contribution in [0.3, 0.4) is 0 Å². The largest absolute Gasteiger partial charge is 0.417 e. The van der Waals surface area contributed by atoms with Crippen LogP contribution >= 0.6 is 11.6 Å². The Bertz CT molecular complexity index is 1400. The normalized spacial score (nSPS) is 13.2. The van der Waals surface area contributed by atoms with Gasteiger partial charge in [-0.15, -0.1) is 0 Å². The highest BCUT2D eigenvalue weighted by atomic mass is 35.5. The highest BCUT2D eigenvalue weighted by Gasteiger charge is 2.35. The van der Waals surface area contributed by atoms with Gasteiger partial charge in [0, 0.05) is 0 Å². The third-order valence-electron chi connectivity index (χ3n) is 6.09. The number of hydrogen-bond donors (Lipinski definition) is 1. The van der Waals surface area contributed by atoms with E-state index in [0.717, 1.165) is 28.8 Å². The molecule has 0 unspecified atom stereocenters. The quantitative estimate of drug-likeness (QED) is 0.334. The molecule has 5 nitrogen and oxygen atoms in total. The summed E-state index contributed by atoms with van der Waals surface area (Å²) < 4.78 is 68.4. The molecule has 0 fully saturated rings. The Morgan fingerprint density at radius 1 is 0.974 bits per heavy atom. The van der Waals surface area contributed by atoms with Crippen LogP contribution in [-0.2, 0) is 26.4 Å². The van der Waals surface area contributed by atoms with Crippen LogP contribution in [0, 0.1) is 6.92 Å². The summed E-state index contributed by atoms with van der Waals surface area (Å²) in [7, 11) is -4.40. The molecule has 0 bridgehead atoms. The van der Waals surface area contributed by atoms with Gasteiger partial charge in [0.05, 0.1) is 27.2 Å². The van der Waals surface area contributed by atoms with Crippen molar-refractivity contribution in [2.24, 2.45) is 0 Å². The second-order valence-corrected chi connectivity index (χ2v) is 12.4. The zero-order valence-electron chi connectivity index (χ0n) is 21.7. The molecule has 0 spiro atoms. The number of hydrogen-bond acceptors (Lipinski definition) is 3. The molecule has 3 aromatic rings. The number of anilines is 1. The first kappa shape index (κ1) is 29.5. The van der Waals surface area contributed by atoms with Crippen LogP contribution < -0.4 is 9.62 Å². The molecular weight excluding hydrogens is 537 g/mol. The van der Waals surface area contributed by atoms with Crippen LogP contribution in [0.25, 0.3) is 0 Å². The fourth-order valence-corrected chi connectivity index (χ4v) is 5.45. The Morgan fingerprint density at radius 3 is 2.08 bits per heavy atom. The number of halogens is 4. The first-order valence-corrected chi connectivity index (χ1v) is 13.7. The van der Waals surface area contributed by atoms with Gasteiger partial charge in [0.2, 0.25) is 5.91 Å². The van der Waals surface area contributed by atoms with Crippen LogP contribution in [0.15, 0.2) is 71.6 Å². The number of alkyl halides is 3. The van der Waals surface area contributed by atoms with Gasteiger partial charge in [-0.2, -0.15) is 13.2 Å². The van der Waals surface area contributed by atoms with Crippen molar-refractivity contribution in [3.05, 3.63) is 94.0 Å². The van der Waals surface area contributed by atoms with Gasteiger partial charge in [-0.3, -0.25) is 9.10 Å². The van der Waals surface area contributed by atoms with Crippen LogP contribution in [-0.4, -0.2) is 20.9 Å². The molecule has 0 heterocycles. The summed E-state index contributed by atoms with van der Waals surface area (Å²) in [6.07, 6.45) is -4.82. The minimum atomic E-state index is -4.82. The maximum absolute atomic E-state index is 13.5. The zero-order chi connectivity index (χ0) is 28.5. The molecule has 0 saturated carbocycles. The van der Waals surface area contributed by atoms with Gasteiger partial charge >= 0.3 is 6.18 Å². The molecule has 0 aliphatic rings. The second-order valence-electron chi connectivity index (χ2n) is 10.1. The summed E-state index contributed by atoms with van der Waals surface area (Å²) in [4.78, 5) is 12.9. The van der Waals surface area contributed by atoms with Crippen molar-refractivity contribution in [2.75, 3.05) is 10.8 Å². The molecule has 3 rings (SSSR count). The van der Waals surface area contributed by atoms with Crippen molar-refractivity contribution in [2.45, 2.75) is 57.1 Å². The van der Waals surface area contributed by atoms with E-state index < -0.39 is 45.3 Å². The van der Waals surface area contributed by atoms with Crippen molar-refractivity contribution in [3.8, 4) is 0 Å². The van der Waals surface area contributed by atoms with Gasteiger partial charge in [0.15, 0.2) is 0 Å². The van der Waals surface area contributed by atoms with E-state index in [-0.39, 0.29) is 16.0 Å². The molecule has 204 valence electrons. The van der Waals surface area contributed by atoms with E-state index in [1.807, 2.05) is 24.3 Å². The number of carbonyl (C=O) groups is 1. The molecule has 0 radical (unpaired) electrons. The highest BCUT2D eigenvalue weighted by Crippen LogP contribution is 2.38. The van der Waals surface area contributed by atoms with E-state index in [1.54, 1.807) is 26.0 Å². The van der Waals surface area contributed by atoms with E-state index in [1.165, 1.54) is 12.1 Å². The van der Waals surface area contributed by atoms with Crippen LogP contribution in [0.1, 0.15) is 56.0 Å². The molecule has 38 heavy (non-hydrogen) atoms. The molecule has 10 heteroatoms. The van der Waals surface area contributed by atoms with Gasteiger partial charge in [0.25, 0.3) is 10.0 Å². The number of aryl methyl sites for hydroxylation is 1. The zero-order valence-corrected chi connectivity index (χ0v) is 23.3. The van der Waals surface area contributed by atoms with Crippen molar-refractivity contribution in [1.29, 1.82) is 0 Å². The predicted octanol–water partition coefficient (Wildman–Crippen LogP) is 7.04. The summed E-state index contributed by atoms with van der Waals surface area (Å²) in [6, 6.07) is 15.8. The van der Waals surface area contributed by atoms with Crippen molar-refractivity contribution >= 4 is 33.2 Å². The predicted molar refractivity (Wildman–Crippen MR) is 144 cm³/mol.